The maximum Gasteiger partial charge on any atom is 0.119 e. The quantitative estimate of drug-likeness (QED) is 0.0685. The first-order valence-corrected chi connectivity index (χ1v) is 13.5. The molecule has 204 valence electrons. The van der Waals surface area contributed by atoms with E-state index in [1.165, 1.54) is 0 Å². The van der Waals surface area contributed by atoms with Crippen molar-refractivity contribution in [2.75, 3.05) is 122 Å². The number of benzene rings is 1. The van der Waals surface area contributed by atoms with Crippen molar-refractivity contribution >= 4 is 28.3 Å². The lowest BCUT2D eigenvalue weighted by atomic mass is 10.3. The molecule has 1 aromatic carbocycles. The molecule has 10 nitrogen and oxygen atoms in total. The predicted molar refractivity (Wildman–Crippen MR) is 142 cm³/mol. The highest BCUT2D eigenvalue weighted by molar-refractivity contribution is 14.1. The van der Waals surface area contributed by atoms with E-state index < -0.39 is 0 Å². The monoisotopic (exact) mass is 615 g/mol. The van der Waals surface area contributed by atoms with E-state index in [9.17, 15) is 0 Å². The van der Waals surface area contributed by atoms with E-state index in [1.54, 1.807) is 12.1 Å². The number of rotatable bonds is 27. The first-order chi connectivity index (χ1) is 17.3. The van der Waals surface area contributed by atoms with Gasteiger partial charge in [-0.25, -0.2) is 0 Å². The summed E-state index contributed by atoms with van der Waals surface area (Å²) in [5, 5.41) is 0. The maximum atomic E-state index is 5.63. The van der Waals surface area contributed by atoms with Crippen LogP contribution in [0.5, 0.6) is 5.75 Å². The van der Waals surface area contributed by atoms with E-state index in [0.717, 1.165) is 16.8 Å². The van der Waals surface area contributed by atoms with E-state index >= 15 is 0 Å². The van der Waals surface area contributed by atoms with Crippen molar-refractivity contribution in [3.8, 4) is 5.75 Å². The lowest BCUT2D eigenvalue weighted by molar-refractivity contribution is -0.0233. The van der Waals surface area contributed by atoms with Crippen molar-refractivity contribution in [2.45, 2.75) is 0 Å². The van der Waals surface area contributed by atoms with Crippen LogP contribution in [0.2, 0.25) is 0 Å². The van der Waals surface area contributed by atoms with E-state index in [1.807, 2.05) is 12.1 Å². The normalized spacial score (nSPS) is 11.2. The molecule has 0 aromatic heterocycles. The third-order valence-corrected chi connectivity index (χ3v) is 4.64. The van der Waals surface area contributed by atoms with E-state index in [2.05, 4.69) is 22.6 Å². The number of halogens is 1. The molecule has 0 bridgehead atoms. The fraction of sp³-hybridized carbons (Fsp3) is 0.750. The Hall–Kier alpha value is -0.770. The first-order valence-electron chi connectivity index (χ1n) is 12.0. The Balaban J connectivity index is 1.65. The molecule has 1 rings (SSSR count). The minimum absolute atomic E-state index is 0.483. The van der Waals surface area contributed by atoms with Gasteiger partial charge in [-0.15, -0.1) is 0 Å². The van der Waals surface area contributed by atoms with Crippen molar-refractivity contribution in [1.82, 2.24) is 0 Å². The molecule has 0 atom stereocenters. The van der Waals surface area contributed by atoms with Gasteiger partial charge in [0.15, 0.2) is 0 Å². The molecule has 1 aromatic rings. The van der Waals surface area contributed by atoms with E-state index in [-0.39, 0.29) is 0 Å². The van der Waals surface area contributed by atoms with E-state index in [4.69, 9.17) is 48.4 Å². The van der Waals surface area contributed by atoms with Crippen LogP contribution < -0.4 is 10.5 Å². The Morgan fingerprint density at radius 3 is 1.03 bits per heavy atom. The van der Waals surface area contributed by atoms with Crippen LogP contribution in [0.3, 0.4) is 0 Å². The zero-order valence-corrected chi connectivity index (χ0v) is 22.8. The van der Waals surface area contributed by atoms with Gasteiger partial charge in [-0.05, 0) is 24.3 Å². The number of hydrogen-bond acceptors (Lipinski definition) is 10. The number of anilines is 1. The summed E-state index contributed by atoms with van der Waals surface area (Å²) in [4.78, 5) is 0. The minimum atomic E-state index is 0.483. The topological polar surface area (TPSA) is 109 Å². The molecular formula is C24H42INO9. The average molecular weight is 616 g/mol. The lowest BCUT2D eigenvalue weighted by Crippen LogP contribution is -2.15. The highest BCUT2D eigenvalue weighted by atomic mass is 127. The molecule has 0 saturated heterocycles. The molecule has 0 unspecified atom stereocenters. The van der Waals surface area contributed by atoms with Crippen molar-refractivity contribution in [3.63, 3.8) is 0 Å². The number of hydrogen-bond donors (Lipinski definition) is 1. The van der Waals surface area contributed by atoms with Gasteiger partial charge in [0.1, 0.15) is 12.4 Å². The van der Waals surface area contributed by atoms with Gasteiger partial charge >= 0.3 is 0 Å². The molecule has 2 N–H and O–H groups in total. The number of alkyl halides is 1. The van der Waals surface area contributed by atoms with Gasteiger partial charge in [0.05, 0.1) is 106 Å². The minimum Gasteiger partial charge on any atom is -0.491 e. The molecule has 0 aliphatic rings. The Bertz CT molecular complexity index is 554. The van der Waals surface area contributed by atoms with Crippen LogP contribution in [0.1, 0.15) is 0 Å². The van der Waals surface area contributed by atoms with Gasteiger partial charge in [-0.2, -0.15) is 0 Å². The molecule has 0 fully saturated rings. The molecule has 11 heteroatoms. The summed E-state index contributed by atoms with van der Waals surface area (Å²) in [5.41, 5.74) is 6.34. The van der Waals surface area contributed by atoms with Gasteiger partial charge < -0.3 is 48.4 Å². The third-order valence-electron chi connectivity index (χ3n) is 4.20. The van der Waals surface area contributed by atoms with Crippen molar-refractivity contribution in [3.05, 3.63) is 24.3 Å². The second-order valence-electron chi connectivity index (χ2n) is 7.01. The van der Waals surface area contributed by atoms with Crippen molar-refractivity contribution < 1.29 is 42.6 Å². The Labute approximate surface area is 223 Å². The summed E-state index contributed by atoms with van der Waals surface area (Å²) in [6, 6.07) is 7.27. The second kappa shape index (κ2) is 26.3. The molecule has 0 saturated carbocycles. The zero-order chi connectivity index (χ0) is 25.1. The molecular weight excluding hydrogens is 573 g/mol. The zero-order valence-electron chi connectivity index (χ0n) is 20.7. The molecule has 0 aliphatic carbocycles. The third kappa shape index (κ3) is 23.4. The maximum absolute atomic E-state index is 5.63. The summed E-state index contributed by atoms with van der Waals surface area (Å²) >= 11 is 2.28. The molecule has 0 heterocycles. The first kappa shape index (κ1) is 32.3. The molecule has 35 heavy (non-hydrogen) atoms. The van der Waals surface area contributed by atoms with Crippen LogP contribution in [0, 0.1) is 0 Å². The standard InChI is InChI=1S/C24H42INO9/c25-5-6-27-7-8-28-9-10-29-11-12-30-13-14-31-15-16-32-17-18-33-19-20-34-21-22-35-24-3-1-23(26)2-4-24/h1-4H,5-22,26H2. The lowest BCUT2D eigenvalue weighted by Gasteiger charge is -2.09. The highest BCUT2D eigenvalue weighted by Crippen LogP contribution is 2.12. The van der Waals surface area contributed by atoms with Gasteiger partial charge in [0.25, 0.3) is 0 Å². The summed E-state index contributed by atoms with van der Waals surface area (Å²) in [6.07, 6.45) is 0. The Kier molecular flexibility index (Phi) is 24.2. The van der Waals surface area contributed by atoms with Crippen LogP contribution >= 0.6 is 22.6 Å². The fourth-order valence-corrected chi connectivity index (χ4v) is 2.79. The van der Waals surface area contributed by atoms with E-state index in [0.29, 0.717) is 111 Å². The van der Waals surface area contributed by atoms with Gasteiger partial charge in [0, 0.05) is 10.1 Å². The molecule has 0 aliphatic heterocycles. The Morgan fingerprint density at radius 1 is 0.429 bits per heavy atom. The summed E-state index contributed by atoms with van der Waals surface area (Å²) in [6.45, 7) is 9.36. The number of nitrogens with two attached hydrogens (primary N) is 1. The smallest absolute Gasteiger partial charge is 0.119 e. The summed E-state index contributed by atoms with van der Waals surface area (Å²) in [7, 11) is 0. The van der Waals surface area contributed by atoms with Crippen LogP contribution in [-0.4, -0.2) is 117 Å². The largest absolute Gasteiger partial charge is 0.491 e. The molecule has 0 amide bonds. The van der Waals surface area contributed by atoms with Crippen molar-refractivity contribution in [2.24, 2.45) is 0 Å². The van der Waals surface area contributed by atoms with Crippen molar-refractivity contribution in [1.29, 1.82) is 0 Å². The second-order valence-corrected chi connectivity index (χ2v) is 8.08. The number of nitrogen functional groups attached to an aromatic ring is 1. The average Bonchev–Trinajstić information content (AvgIpc) is 2.87. The predicted octanol–water partition coefficient (Wildman–Crippen LogP) is 2.22. The van der Waals surface area contributed by atoms with Gasteiger partial charge in [0.2, 0.25) is 0 Å². The summed E-state index contributed by atoms with van der Waals surface area (Å²) < 4.78 is 49.9. The highest BCUT2D eigenvalue weighted by Gasteiger charge is 1.96. The summed E-state index contributed by atoms with van der Waals surface area (Å²) in [5.74, 6) is 0.777. The van der Waals surface area contributed by atoms with Crippen LogP contribution in [0.4, 0.5) is 5.69 Å². The van der Waals surface area contributed by atoms with Crippen LogP contribution in [0.15, 0.2) is 24.3 Å². The van der Waals surface area contributed by atoms with Gasteiger partial charge in [-0.3, -0.25) is 0 Å². The SMILES string of the molecule is Nc1ccc(OCCOCCOCCOCCOCCOCCOCCOCCOCCI)cc1. The molecule has 0 spiro atoms. The molecule has 0 radical (unpaired) electrons. The van der Waals surface area contributed by atoms with Crippen LogP contribution in [-0.2, 0) is 37.9 Å². The number of ether oxygens (including phenoxy) is 9. The fourth-order valence-electron chi connectivity index (χ4n) is 2.48. The van der Waals surface area contributed by atoms with Crippen LogP contribution in [0.25, 0.3) is 0 Å². The van der Waals surface area contributed by atoms with Gasteiger partial charge in [-0.1, -0.05) is 22.6 Å². The Morgan fingerprint density at radius 2 is 0.714 bits per heavy atom.